The average Bonchev–Trinajstić information content (AvgIpc) is 2.11. The van der Waals surface area contributed by atoms with Crippen LogP contribution in [0.3, 0.4) is 0 Å². The molecule has 0 aliphatic carbocycles. The molecule has 7 heteroatoms. The van der Waals surface area contributed by atoms with Crippen LogP contribution in [-0.4, -0.2) is 31.3 Å². The molecule has 0 aromatic heterocycles. The Balaban J connectivity index is 4.76. The summed E-state index contributed by atoms with van der Waals surface area (Å²) >= 11 is 0. The summed E-state index contributed by atoms with van der Waals surface area (Å²) in [6, 6.07) is -0.641. The lowest BCUT2D eigenvalue weighted by Gasteiger charge is -2.22. The first-order valence-corrected chi connectivity index (χ1v) is 7.24. The molecule has 0 saturated carbocycles. The number of hydrogen-bond donors (Lipinski definition) is 3. The van der Waals surface area contributed by atoms with E-state index in [1.54, 1.807) is 0 Å². The summed E-state index contributed by atoms with van der Waals surface area (Å²) in [4.78, 5) is 0. The molecule has 102 valence electrons. The number of nitrogens with one attached hydrogen (secondary N) is 1. The van der Waals surface area contributed by atoms with Crippen molar-refractivity contribution in [3.8, 4) is 0 Å². The standard InChI is InChI=1S/C10H23N3O3S/c1-5-6-8(9(11)12-14)13-17(15,16)7-10(2,3)4/h8,13-14H,5-7H2,1-4H3,(H2,11,12). The molecule has 0 bridgehead atoms. The number of hydrogen-bond acceptors (Lipinski definition) is 4. The summed E-state index contributed by atoms with van der Waals surface area (Å²) in [6.45, 7) is 7.41. The summed E-state index contributed by atoms with van der Waals surface area (Å²) in [6.07, 6.45) is 1.23. The van der Waals surface area contributed by atoms with Crippen LogP contribution in [0, 0.1) is 5.41 Å². The van der Waals surface area contributed by atoms with Gasteiger partial charge < -0.3 is 10.9 Å². The molecular weight excluding hydrogens is 242 g/mol. The highest BCUT2D eigenvalue weighted by Gasteiger charge is 2.25. The average molecular weight is 265 g/mol. The van der Waals surface area contributed by atoms with E-state index in [-0.39, 0.29) is 17.0 Å². The molecule has 0 radical (unpaired) electrons. The number of oxime groups is 1. The Bertz CT molecular complexity index is 357. The molecule has 0 saturated heterocycles. The van der Waals surface area contributed by atoms with E-state index < -0.39 is 16.1 Å². The van der Waals surface area contributed by atoms with Crippen molar-refractivity contribution >= 4 is 15.9 Å². The lowest BCUT2D eigenvalue weighted by atomic mass is 10.0. The van der Waals surface area contributed by atoms with Gasteiger partial charge in [-0.05, 0) is 11.8 Å². The van der Waals surface area contributed by atoms with Crippen molar-refractivity contribution in [1.29, 1.82) is 0 Å². The quantitative estimate of drug-likeness (QED) is 0.287. The number of nitrogens with zero attached hydrogens (tertiary/aromatic N) is 1. The predicted octanol–water partition coefficient (Wildman–Crippen LogP) is 0.867. The molecule has 17 heavy (non-hydrogen) atoms. The Hall–Kier alpha value is -0.820. The number of nitrogens with two attached hydrogens (primary N) is 1. The van der Waals surface area contributed by atoms with Crippen LogP contribution in [-0.2, 0) is 10.0 Å². The van der Waals surface area contributed by atoms with E-state index in [9.17, 15) is 8.42 Å². The van der Waals surface area contributed by atoms with Crippen molar-refractivity contribution in [3.05, 3.63) is 0 Å². The first-order valence-electron chi connectivity index (χ1n) is 5.58. The summed E-state index contributed by atoms with van der Waals surface area (Å²) < 4.78 is 26.2. The summed E-state index contributed by atoms with van der Waals surface area (Å²) in [5.41, 5.74) is 5.11. The minimum Gasteiger partial charge on any atom is -0.409 e. The van der Waals surface area contributed by atoms with Crippen LogP contribution < -0.4 is 10.5 Å². The monoisotopic (exact) mass is 265 g/mol. The fourth-order valence-electron chi connectivity index (χ4n) is 1.45. The van der Waals surface area contributed by atoms with Crippen molar-refractivity contribution in [2.24, 2.45) is 16.3 Å². The Morgan fingerprint density at radius 2 is 2.00 bits per heavy atom. The van der Waals surface area contributed by atoms with Gasteiger partial charge in [0.15, 0.2) is 5.84 Å². The van der Waals surface area contributed by atoms with Crippen LogP contribution in [0.1, 0.15) is 40.5 Å². The number of sulfonamides is 1. The Morgan fingerprint density at radius 1 is 1.47 bits per heavy atom. The van der Waals surface area contributed by atoms with E-state index in [4.69, 9.17) is 10.9 Å². The van der Waals surface area contributed by atoms with Crippen LogP contribution in [0.4, 0.5) is 0 Å². The van der Waals surface area contributed by atoms with Gasteiger partial charge in [-0.15, -0.1) is 0 Å². The third-order valence-electron chi connectivity index (χ3n) is 1.99. The summed E-state index contributed by atoms with van der Waals surface area (Å²) in [5.74, 6) is -0.108. The van der Waals surface area contributed by atoms with Gasteiger partial charge in [0.2, 0.25) is 10.0 Å². The Labute approximate surface area is 103 Å². The van der Waals surface area contributed by atoms with Gasteiger partial charge in [0.1, 0.15) is 0 Å². The maximum Gasteiger partial charge on any atom is 0.212 e. The molecule has 0 aromatic carbocycles. The van der Waals surface area contributed by atoms with Crippen molar-refractivity contribution in [1.82, 2.24) is 4.72 Å². The van der Waals surface area contributed by atoms with E-state index in [2.05, 4.69) is 9.88 Å². The second kappa shape index (κ2) is 6.20. The minimum absolute atomic E-state index is 0.00107. The maximum atomic E-state index is 11.8. The lowest BCUT2D eigenvalue weighted by molar-refractivity contribution is 0.315. The van der Waals surface area contributed by atoms with Crippen LogP contribution in [0.5, 0.6) is 0 Å². The highest BCUT2D eigenvalue weighted by molar-refractivity contribution is 7.89. The van der Waals surface area contributed by atoms with Crippen LogP contribution in [0.25, 0.3) is 0 Å². The van der Waals surface area contributed by atoms with Crippen LogP contribution in [0.2, 0.25) is 0 Å². The molecular formula is C10H23N3O3S. The van der Waals surface area contributed by atoms with E-state index in [0.717, 1.165) is 6.42 Å². The molecule has 0 amide bonds. The van der Waals surface area contributed by atoms with Gasteiger partial charge in [-0.3, -0.25) is 0 Å². The third-order valence-corrected chi connectivity index (χ3v) is 3.88. The van der Waals surface area contributed by atoms with Gasteiger partial charge in [0.05, 0.1) is 11.8 Å². The highest BCUT2D eigenvalue weighted by Crippen LogP contribution is 2.16. The molecule has 0 spiro atoms. The van der Waals surface area contributed by atoms with Gasteiger partial charge in [-0.1, -0.05) is 39.3 Å². The first kappa shape index (κ1) is 16.2. The molecule has 0 heterocycles. The smallest absolute Gasteiger partial charge is 0.212 e. The topological polar surface area (TPSA) is 105 Å². The van der Waals surface area contributed by atoms with Crippen LogP contribution >= 0.6 is 0 Å². The molecule has 6 nitrogen and oxygen atoms in total. The van der Waals surface area contributed by atoms with E-state index in [1.807, 2.05) is 27.7 Å². The normalized spacial score (nSPS) is 15.9. The zero-order chi connectivity index (χ0) is 13.7. The lowest BCUT2D eigenvalue weighted by Crippen LogP contribution is -2.46. The Morgan fingerprint density at radius 3 is 2.35 bits per heavy atom. The maximum absolute atomic E-state index is 11.8. The van der Waals surface area contributed by atoms with Gasteiger partial charge in [0.25, 0.3) is 0 Å². The second-order valence-electron chi connectivity index (χ2n) is 5.30. The minimum atomic E-state index is -3.44. The Kier molecular flexibility index (Phi) is 5.91. The zero-order valence-corrected chi connectivity index (χ0v) is 11.7. The number of amidine groups is 1. The van der Waals surface area contributed by atoms with Crippen molar-refractivity contribution in [2.45, 2.75) is 46.6 Å². The first-order chi connectivity index (χ1) is 7.61. The van der Waals surface area contributed by atoms with Gasteiger partial charge >= 0.3 is 0 Å². The SMILES string of the molecule is CCCC(NS(=O)(=O)CC(C)(C)C)C(N)=NO. The summed E-state index contributed by atoms with van der Waals surface area (Å²) in [5, 5.41) is 11.4. The molecule has 4 N–H and O–H groups in total. The molecule has 0 fully saturated rings. The number of rotatable bonds is 6. The molecule has 1 unspecified atom stereocenters. The van der Waals surface area contributed by atoms with Crippen molar-refractivity contribution in [3.63, 3.8) is 0 Å². The molecule has 0 aliphatic heterocycles. The van der Waals surface area contributed by atoms with Gasteiger partial charge in [-0.25, -0.2) is 13.1 Å². The van der Waals surface area contributed by atoms with Gasteiger partial charge in [-0.2, -0.15) is 0 Å². The van der Waals surface area contributed by atoms with Crippen molar-refractivity contribution in [2.75, 3.05) is 5.75 Å². The van der Waals surface area contributed by atoms with Crippen molar-refractivity contribution < 1.29 is 13.6 Å². The second-order valence-corrected chi connectivity index (χ2v) is 7.06. The summed E-state index contributed by atoms with van der Waals surface area (Å²) in [7, 11) is -3.44. The van der Waals surface area contributed by atoms with E-state index in [0.29, 0.717) is 6.42 Å². The fourth-order valence-corrected chi connectivity index (χ4v) is 3.35. The molecule has 0 aliphatic rings. The highest BCUT2D eigenvalue weighted by atomic mass is 32.2. The zero-order valence-electron chi connectivity index (χ0n) is 10.9. The van der Waals surface area contributed by atoms with E-state index >= 15 is 0 Å². The molecule has 0 aromatic rings. The van der Waals surface area contributed by atoms with E-state index in [1.165, 1.54) is 0 Å². The van der Waals surface area contributed by atoms with Crippen LogP contribution in [0.15, 0.2) is 5.16 Å². The molecule has 0 rings (SSSR count). The van der Waals surface area contributed by atoms with Gasteiger partial charge in [0, 0.05) is 0 Å². The third kappa shape index (κ3) is 7.17. The fraction of sp³-hybridized carbons (Fsp3) is 0.900. The molecule has 1 atom stereocenters. The largest absolute Gasteiger partial charge is 0.409 e. The predicted molar refractivity (Wildman–Crippen MR) is 68.5 cm³/mol.